The average Bonchev–Trinajstić information content (AvgIpc) is 0.841. The molecule has 4 N–H and O–H groups in total. The van der Waals surface area contributed by atoms with E-state index in [4.69, 9.17) is 82.0 Å². The van der Waals surface area contributed by atoms with E-state index in [-0.39, 0.29) is 180 Å². The van der Waals surface area contributed by atoms with Gasteiger partial charge in [0.2, 0.25) is 27.2 Å². The van der Waals surface area contributed by atoms with Gasteiger partial charge in [-0.25, -0.2) is 28.8 Å². The number of aliphatic carboxylic acids is 4. The fourth-order valence-electron chi connectivity index (χ4n) is 20.9. The number of ether oxygens (including phenoxy) is 18. The quantitative estimate of drug-likeness (QED) is 0.0194. The van der Waals surface area contributed by atoms with Crippen molar-refractivity contribution < 1.29 is 197 Å². The van der Waals surface area contributed by atoms with Gasteiger partial charge in [0.15, 0.2) is 0 Å². The Morgan fingerprint density at radius 2 is 0.331 bits per heavy atom. The number of carboxylic acids is 4. The number of esters is 13. The lowest BCUT2D eigenvalue weighted by atomic mass is 9.81. The summed E-state index contributed by atoms with van der Waals surface area (Å²) < 4.78 is 94.0. The molecule has 145 heavy (non-hydrogen) atoms. The van der Waals surface area contributed by atoms with Gasteiger partial charge in [-0.05, 0) is 314 Å². The molecule has 0 bridgehead atoms. The topological polar surface area (TPSA) is 571 Å². The molecule has 0 aromatic heterocycles. The van der Waals surface area contributed by atoms with E-state index in [9.17, 15) is 91.1 Å². The Labute approximate surface area is 843 Å². The third-order valence-electron chi connectivity index (χ3n) is 30.0. The molecule has 0 aliphatic heterocycles. The molecule has 808 valence electrons. The van der Waals surface area contributed by atoms with Gasteiger partial charge in [-0.3, -0.25) is 62.3 Å². The molecule has 0 unspecified atom stereocenters. The number of carbonyl (C=O) groups is 19. The molecular weight excluding hydrogens is 1910 g/mol. The van der Waals surface area contributed by atoms with E-state index >= 15 is 0 Å². The summed E-state index contributed by atoms with van der Waals surface area (Å²) in [6.07, 6.45) is 28.8. The summed E-state index contributed by atoms with van der Waals surface area (Å²) in [6, 6.07) is 0. The summed E-state index contributed by atoms with van der Waals surface area (Å²) in [7, 11) is 0. The van der Waals surface area contributed by atoms with Gasteiger partial charge in [0.25, 0.3) is 0 Å². The third-order valence-corrected chi connectivity index (χ3v) is 30.0. The zero-order chi connectivity index (χ0) is 105. The molecule has 0 aromatic carbocycles. The summed E-state index contributed by atoms with van der Waals surface area (Å²) >= 11 is 0. The maximum Gasteiger partial charge on any atom is 0.511 e. The van der Waals surface area contributed by atoms with Crippen molar-refractivity contribution in [2.75, 3.05) is 33.8 Å². The predicted molar refractivity (Wildman–Crippen MR) is 499 cm³/mol. The van der Waals surface area contributed by atoms with Gasteiger partial charge in [-0.1, -0.05) is 26.3 Å². The Hall–Kier alpha value is -11.5. The maximum atomic E-state index is 12.7. The van der Waals surface area contributed by atoms with Crippen molar-refractivity contribution in [1.29, 1.82) is 0 Å². The van der Waals surface area contributed by atoms with Crippen molar-refractivity contribution in [1.82, 2.24) is 0 Å². The van der Waals surface area contributed by atoms with Gasteiger partial charge < -0.3 is 106 Å². The second-order valence-corrected chi connectivity index (χ2v) is 39.8. The highest BCUT2D eigenvalue weighted by Crippen LogP contribution is 2.41. The van der Waals surface area contributed by atoms with E-state index in [1.807, 2.05) is 0 Å². The number of carbonyl (C=O) groups excluding carboxylic acids is 15. The van der Waals surface area contributed by atoms with Crippen LogP contribution in [0.1, 0.15) is 308 Å². The third kappa shape index (κ3) is 41.4. The van der Waals surface area contributed by atoms with Gasteiger partial charge >= 0.3 is 114 Å². The van der Waals surface area contributed by atoms with Crippen molar-refractivity contribution in [3.8, 4) is 0 Å². The fourth-order valence-corrected chi connectivity index (χ4v) is 20.9. The van der Waals surface area contributed by atoms with Crippen LogP contribution in [0.15, 0.2) is 50.6 Å². The standard InChI is InChI=1S/C26H36O11.C26H38O10.2C26H36O10/c1-2-22(27)33-15-34-26(32)37-21-13-11-20(12-14-21)36-25(31)18-5-3-17(4-6-18)24(30)35-19-9-7-16(8-10-19)23(28)29;1-2-23(27)33-16-34-26(31)36-22-9-3-17(4-10-22)15-32-20-11-7-19(8-12-20)25(30)35-21-13-5-18(6-14-21)24(28)29;1-2-22(27)33-15-34-24(30)17-9-13-21(14-10-17)36-26(32)19-5-3-18(4-6-19)25(31)35-20-11-7-16(8-12-20)23(28)29;1-2-22(27)33-15-34-24(30)17-3-5-18(6-4-17)25(31)36-21-13-9-19(10-14-21)26(32)35-20-11-7-16(8-12-20)23(28)29/h2,16-21H,1,3-15H2,(H,28,29);2,17-22H,1,3-16H2,(H,28,29);2*2,16-21H,1,3-15H2,(H,28,29). The number of hydrogen-bond donors (Lipinski definition) is 4. The normalized spacial score (nSPS) is 30.2. The van der Waals surface area contributed by atoms with Crippen LogP contribution in [0, 0.1) is 82.9 Å². The molecule has 12 aliphatic rings. The van der Waals surface area contributed by atoms with Crippen LogP contribution in [-0.4, -0.2) is 229 Å². The second kappa shape index (κ2) is 61.8. The second-order valence-electron chi connectivity index (χ2n) is 39.8. The monoisotopic (exact) mass is 2050 g/mol. The predicted octanol–water partition coefficient (Wildman–Crippen LogP) is 14.4. The summed E-state index contributed by atoms with van der Waals surface area (Å²) in [5.41, 5.74) is 0. The first-order valence-electron chi connectivity index (χ1n) is 51.7. The van der Waals surface area contributed by atoms with E-state index in [0.717, 1.165) is 75.7 Å². The van der Waals surface area contributed by atoms with Gasteiger partial charge in [-0.2, -0.15) is 0 Å². The van der Waals surface area contributed by atoms with Crippen molar-refractivity contribution in [3.63, 3.8) is 0 Å². The molecule has 12 aliphatic carbocycles. The molecule has 0 heterocycles. The molecule has 12 saturated carbocycles. The lowest BCUT2D eigenvalue weighted by Crippen LogP contribution is -2.34. The summed E-state index contributed by atoms with van der Waals surface area (Å²) in [4.78, 5) is 224. The Bertz CT molecular complexity index is 4290. The molecule has 41 nitrogen and oxygen atoms in total. The average molecular weight is 2050 g/mol. The van der Waals surface area contributed by atoms with Gasteiger partial charge in [0, 0.05) is 30.9 Å². The molecule has 0 radical (unpaired) electrons. The minimum atomic E-state index is -0.930. The SMILES string of the molecule is C=CC(=O)OCOC(=O)C1CCC(C(=O)OC2CCC(C(=O)OC3CCC(C(=O)O)CC3)CC2)CC1.C=CC(=O)OCOC(=O)C1CCC(OC(=O)C2CCC(C(=O)OC3CCC(C(=O)O)CC3)CC2)CC1.C=CC(=O)OCOC(=O)OC1CCC(COC2CCC(C(=O)OC3CCC(C(=O)O)CC3)CC2)CC1.C=CC(=O)OCOC(=O)OC1CCC(OC(=O)C2CCC(C(=O)OC3CCC(C(=O)O)CC3)CC2)CC1. The lowest BCUT2D eigenvalue weighted by Gasteiger charge is -2.32. The molecule has 12 rings (SSSR count). The van der Waals surface area contributed by atoms with Crippen molar-refractivity contribution in [2.24, 2.45) is 82.9 Å². The Morgan fingerprint density at radius 1 is 0.179 bits per heavy atom. The summed E-state index contributed by atoms with van der Waals surface area (Å²) in [5.74, 6) is -11.5. The zero-order valence-corrected chi connectivity index (χ0v) is 82.9. The minimum absolute atomic E-state index is 0.102. The molecule has 0 amide bonds. The van der Waals surface area contributed by atoms with E-state index < -0.39 is 99.2 Å². The first-order chi connectivity index (χ1) is 69.6. The maximum absolute atomic E-state index is 12.7. The van der Waals surface area contributed by atoms with Crippen LogP contribution in [-0.2, 0) is 167 Å². The van der Waals surface area contributed by atoms with E-state index in [1.165, 1.54) is 0 Å². The van der Waals surface area contributed by atoms with Gasteiger partial charge in [-0.15, -0.1) is 0 Å². The van der Waals surface area contributed by atoms with Gasteiger partial charge in [0.05, 0.1) is 83.0 Å². The summed E-state index contributed by atoms with van der Waals surface area (Å²) in [6.45, 7) is 11.7. The summed E-state index contributed by atoms with van der Waals surface area (Å²) in [5, 5.41) is 36.4. The van der Waals surface area contributed by atoms with Crippen LogP contribution in [0.2, 0.25) is 0 Å². The molecule has 0 atom stereocenters. The van der Waals surface area contributed by atoms with E-state index in [2.05, 4.69) is 50.0 Å². The molecular formula is C104H146O41. The Kier molecular flexibility index (Phi) is 49.9. The van der Waals surface area contributed by atoms with E-state index in [0.29, 0.717) is 269 Å². The molecule has 0 aromatic rings. The highest BCUT2D eigenvalue weighted by Gasteiger charge is 2.43. The van der Waals surface area contributed by atoms with Crippen LogP contribution >= 0.6 is 0 Å². The number of carboxylic acid groups (broad SMARTS) is 4. The molecule has 0 spiro atoms. The minimum Gasteiger partial charge on any atom is -0.481 e. The van der Waals surface area contributed by atoms with Crippen LogP contribution in [0.4, 0.5) is 9.59 Å². The number of rotatable bonds is 37. The zero-order valence-electron chi connectivity index (χ0n) is 82.9. The number of hydrogen-bond acceptors (Lipinski definition) is 37. The van der Waals surface area contributed by atoms with Gasteiger partial charge in [0.1, 0.15) is 54.9 Å². The van der Waals surface area contributed by atoms with Crippen LogP contribution in [0.3, 0.4) is 0 Å². The van der Waals surface area contributed by atoms with Crippen molar-refractivity contribution in [2.45, 2.75) is 369 Å². The van der Waals surface area contributed by atoms with Crippen molar-refractivity contribution >= 4 is 114 Å². The Morgan fingerprint density at radius 3 is 0.524 bits per heavy atom. The fraction of sp³-hybridized carbons (Fsp3) is 0.740. The Balaban J connectivity index is 0.000000215. The lowest BCUT2D eigenvalue weighted by molar-refractivity contribution is -0.171. The van der Waals surface area contributed by atoms with Crippen molar-refractivity contribution in [3.05, 3.63) is 50.6 Å². The smallest absolute Gasteiger partial charge is 0.481 e. The van der Waals surface area contributed by atoms with Crippen LogP contribution in [0.5, 0.6) is 0 Å². The first kappa shape index (κ1) is 117. The molecule has 41 heteroatoms. The van der Waals surface area contributed by atoms with Crippen LogP contribution in [0.25, 0.3) is 0 Å². The van der Waals surface area contributed by atoms with E-state index in [1.54, 1.807) is 0 Å². The molecule has 12 fully saturated rings. The highest BCUT2D eigenvalue weighted by atomic mass is 16.8. The largest absolute Gasteiger partial charge is 0.511 e. The van der Waals surface area contributed by atoms with Crippen LogP contribution < -0.4 is 0 Å². The first-order valence-corrected chi connectivity index (χ1v) is 51.7. The highest BCUT2D eigenvalue weighted by molar-refractivity contribution is 5.84. The molecule has 0 saturated heterocycles.